The summed E-state index contributed by atoms with van der Waals surface area (Å²) in [4.78, 5) is 15.4. The summed E-state index contributed by atoms with van der Waals surface area (Å²) in [5.41, 5.74) is 2.59. The molecule has 2 aromatic rings. The maximum Gasteiger partial charge on any atom is 0.191 e. The van der Waals surface area contributed by atoms with Crippen LogP contribution in [0.4, 0.5) is 5.69 Å². The van der Waals surface area contributed by atoms with E-state index in [0.717, 1.165) is 17.7 Å². The monoisotopic (exact) mass is 271 g/mol. The van der Waals surface area contributed by atoms with E-state index in [0.29, 0.717) is 12.6 Å². The van der Waals surface area contributed by atoms with E-state index in [-0.39, 0.29) is 5.78 Å². The molecule has 1 aromatic heterocycles. The van der Waals surface area contributed by atoms with Gasteiger partial charge >= 0.3 is 0 Å². The number of hydrogen-bond donors (Lipinski definition) is 0. The molecule has 3 rings (SSSR count). The first-order valence-electron chi connectivity index (χ1n) is 6.67. The van der Waals surface area contributed by atoms with Crippen LogP contribution in [0.1, 0.15) is 28.6 Å². The SMILES string of the molecule is CC1CCc2ccccc2N1CC(=O)c1cccs1. The molecule has 0 saturated carbocycles. The minimum absolute atomic E-state index is 0.221. The zero-order valence-corrected chi connectivity index (χ0v) is 11.8. The largest absolute Gasteiger partial charge is 0.361 e. The minimum Gasteiger partial charge on any atom is -0.361 e. The number of benzene rings is 1. The van der Waals surface area contributed by atoms with E-state index < -0.39 is 0 Å². The van der Waals surface area contributed by atoms with Gasteiger partial charge < -0.3 is 4.90 Å². The van der Waals surface area contributed by atoms with Gasteiger partial charge in [-0.2, -0.15) is 0 Å². The molecular formula is C16H17NOS. The third-order valence-electron chi connectivity index (χ3n) is 3.77. The molecule has 0 saturated heterocycles. The zero-order valence-electron chi connectivity index (χ0n) is 11.0. The lowest BCUT2D eigenvalue weighted by molar-refractivity contribution is 0.1000. The van der Waals surface area contributed by atoms with Crippen LogP contribution in [0.5, 0.6) is 0 Å². The van der Waals surface area contributed by atoms with Crippen molar-refractivity contribution in [1.82, 2.24) is 0 Å². The number of ketones is 1. The predicted molar refractivity (Wildman–Crippen MR) is 80.2 cm³/mol. The number of carbonyl (C=O) groups is 1. The van der Waals surface area contributed by atoms with Crippen molar-refractivity contribution in [3.8, 4) is 0 Å². The molecule has 0 amide bonds. The first-order chi connectivity index (χ1) is 9.25. The fraction of sp³-hybridized carbons (Fsp3) is 0.312. The van der Waals surface area contributed by atoms with Crippen molar-refractivity contribution in [3.63, 3.8) is 0 Å². The summed E-state index contributed by atoms with van der Waals surface area (Å²) in [5, 5.41) is 1.96. The molecule has 3 heteroatoms. The van der Waals surface area contributed by atoms with E-state index in [1.54, 1.807) is 0 Å². The molecule has 1 unspecified atom stereocenters. The van der Waals surface area contributed by atoms with E-state index in [9.17, 15) is 4.79 Å². The van der Waals surface area contributed by atoms with Crippen molar-refractivity contribution >= 4 is 22.8 Å². The number of para-hydroxylation sites is 1. The molecule has 1 aromatic carbocycles. The Labute approximate surface area is 117 Å². The summed E-state index contributed by atoms with van der Waals surface area (Å²) in [7, 11) is 0. The lowest BCUT2D eigenvalue weighted by Gasteiger charge is -2.36. The third-order valence-corrected chi connectivity index (χ3v) is 4.69. The number of hydrogen-bond acceptors (Lipinski definition) is 3. The van der Waals surface area contributed by atoms with Gasteiger partial charge in [0.25, 0.3) is 0 Å². The average Bonchev–Trinajstić information content (AvgIpc) is 2.96. The first kappa shape index (κ1) is 12.4. The van der Waals surface area contributed by atoms with Crippen molar-refractivity contribution in [2.75, 3.05) is 11.4 Å². The second kappa shape index (κ2) is 5.17. The maximum absolute atomic E-state index is 12.3. The van der Waals surface area contributed by atoms with Crippen LogP contribution in [0.25, 0.3) is 0 Å². The Hall–Kier alpha value is -1.61. The lowest BCUT2D eigenvalue weighted by Crippen LogP contribution is -2.40. The Bertz CT molecular complexity index is 576. The average molecular weight is 271 g/mol. The second-order valence-electron chi connectivity index (χ2n) is 5.04. The van der Waals surface area contributed by atoms with Gasteiger partial charge in [0.15, 0.2) is 5.78 Å². The van der Waals surface area contributed by atoms with E-state index in [4.69, 9.17) is 0 Å². The van der Waals surface area contributed by atoms with Crippen LogP contribution in [-0.4, -0.2) is 18.4 Å². The quantitative estimate of drug-likeness (QED) is 0.792. The molecule has 19 heavy (non-hydrogen) atoms. The van der Waals surface area contributed by atoms with Crippen molar-refractivity contribution < 1.29 is 4.79 Å². The molecule has 2 heterocycles. The Morgan fingerprint density at radius 3 is 2.95 bits per heavy atom. The summed E-state index contributed by atoms with van der Waals surface area (Å²) >= 11 is 1.53. The fourth-order valence-corrected chi connectivity index (χ4v) is 3.33. The lowest BCUT2D eigenvalue weighted by atomic mass is 9.96. The fourth-order valence-electron chi connectivity index (χ4n) is 2.67. The highest BCUT2D eigenvalue weighted by Gasteiger charge is 2.24. The van der Waals surface area contributed by atoms with Crippen LogP contribution in [0.2, 0.25) is 0 Å². The van der Waals surface area contributed by atoms with Crippen LogP contribution in [0.15, 0.2) is 41.8 Å². The highest BCUT2D eigenvalue weighted by Crippen LogP contribution is 2.30. The number of thiophene rings is 1. The van der Waals surface area contributed by atoms with Gasteiger partial charge in [0.1, 0.15) is 0 Å². The minimum atomic E-state index is 0.221. The molecule has 98 valence electrons. The van der Waals surface area contributed by atoms with Gasteiger partial charge in [0.2, 0.25) is 0 Å². The number of carbonyl (C=O) groups excluding carboxylic acids is 1. The van der Waals surface area contributed by atoms with Gasteiger partial charge in [0, 0.05) is 11.7 Å². The molecule has 0 radical (unpaired) electrons. The smallest absolute Gasteiger partial charge is 0.191 e. The molecule has 1 atom stereocenters. The molecule has 0 spiro atoms. The van der Waals surface area contributed by atoms with Gasteiger partial charge in [-0.05, 0) is 42.8 Å². The molecule has 1 aliphatic rings. The number of aryl methyl sites for hydroxylation is 1. The van der Waals surface area contributed by atoms with Gasteiger partial charge in [-0.3, -0.25) is 4.79 Å². The molecule has 2 nitrogen and oxygen atoms in total. The van der Waals surface area contributed by atoms with Crippen molar-refractivity contribution in [2.24, 2.45) is 0 Å². The summed E-state index contributed by atoms with van der Waals surface area (Å²) in [5.74, 6) is 0.221. The summed E-state index contributed by atoms with van der Waals surface area (Å²) in [6.07, 6.45) is 2.23. The Morgan fingerprint density at radius 1 is 1.32 bits per heavy atom. The number of Topliss-reactive ketones (excluding diaryl/α,β-unsaturated/α-hetero) is 1. The van der Waals surface area contributed by atoms with Crippen LogP contribution < -0.4 is 4.90 Å². The van der Waals surface area contributed by atoms with Crippen molar-refractivity contribution in [2.45, 2.75) is 25.8 Å². The maximum atomic E-state index is 12.3. The van der Waals surface area contributed by atoms with Crippen LogP contribution in [-0.2, 0) is 6.42 Å². The Morgan fingerprint density at radius 2 is 2.16 bits per heavy atom. The van der Waals surface area contributed by atoms with Gasteiger partial charge in [-0.25, -0.2) is 0 Å². The first-order valence-corrected chi connectivity index (χ1v) is 7.55. The molecular weight excluding hydrogens is 254 g/mol. The van der Waals surface area contributed by atoms with Gasteiger partial charge in [0.05, 0.1) is 11.4 Å². The third kappa shape index (κ3) is 2.43. The topological polar surface area (TPSA) is 20.3 Å². The van der Waals surface area contributed by atoms with Gasteiger partial charge in [-0.1, -0.05) is 24.3 Å². The molecule has 0 bridgehead atoms. The zero-order chi connectivity index (χ0) is 13.2. The number of fused-ring (bicyclic) bond motifs is 1. The van der Waals surface area contributed by atoms with Crippen LogP contribution in [0, 0.1) is 0 Å². The molecule has 0 aliphatic carbocycles. The summed E-state index contributed by atoms with van der Waals surface area (Å²) in [6.45, 7) is 2.69. The Balaban J connectivity index is 1.86. The standard InChI is InChI=1S/C16H17NOS/c1-12-8-9-13-5-2-3-6-14(13)17(12)11-15(18)16-7-4-10-19-16/h2-7,10,12H,8-9,11H2,1H3. The van der Waals surface area contributed by atoms with E-state index in [1.165, 1.54) is 22.6 Å². The normalized spacial score (nSPS) is 18.2. The van der Waals surface area contributed by atoms with Crippen molar-refractivity contribution in [1.29, 1.82) is 0 Å². The van der Waals surface area contributed by atoms with Crippen LogP contribution in [0.3, 0.4) is 0 Å². The van der Waals surface area contributed by atoms with Gasteiger partial charge in [-0.15, -0.1) is 11.3 Å². The highest BCUT2D eigenvalue weighted by atomic mass is 32.1. The predicted octanol–water partition coefficient (Wildman–Crippen LogP) is 3.77. The van der Waals surface area contributed by atoms with E-state index in [2.05, 4.69) is 36.1 Å². The van der Waals surface area contributed by atoms with E-state index >= 15 is 0 Å². The number of anilines is 1. The summed E-state index contributed by atoms with van der Waals surface area (Å²) < 4.78 is 0. The highest BCUT2D eigenvalue weighted by molar-refractivity contribution is 7.12. The van der Waals surface area contributed by atoms with E-state index in [1.807, 2.05) is 17.5 Å². The van der Waals surface area contributed by atoms with Crippen molar-refractivity contribution in [3.05, 3.63) is 52.2 Å². The number of nitrogens with zero attached hydrogens (tertiary/aromatic N) is 1. The molecule has 0 fully saturated rings. The Kier molecular flexibility index (Phi) is 3.38. The van der Waals surface area contributed by atoms with Crippen LogP contribution >= 0.6 is 11.3 Å². The number of rotatable bonds is 3. The molecule has 1 aliphatic heterocycles. The second-order valence-corrected chi connectivity index (χ2v) is 5.99. The molecule has 0 N–H and O–H groups in total. The summed E-state index contributed by atoms with van der Waals surface area (Å²) in [6, 6.07) is 12.7.